The van der Waals surface area contributed by atoms with Crippen LogP contribution in [-0.4, -0.2) is 47.9 Å². The molecule has 1 aliphatic carbocycles. The third kappa shape index (κ3) is 2.66. The molecule has 0 atom stereocenters. The van der Waals surface area contributed by atoms with Crippen LogP contribution in [0.2, 0.25) is 0 Å². The molecule has 116 valence electrons. The smallest absolute Gasteiger partial charge is 0.140 e. The molecule has 1 aromatic rings. The minimum atomic E-state index is 0.978. The van der Waals surface area contributed by atoms with Gasteiger partial charge < -0.3 is 9.80 Å². The zero-order valence-electron chi connectivity index (χ0n) is 13.3. The van der Waals surface area contributed by atoms with E-state index in [9.17, 15) is 0 Å². The largest absolute Gasteiger partial charge is 0.353 e. The van der Waals surface area contributed by atoms with Gasteiger partial charge in [0.2, 0.25) is 0 Å². The van der Waals surface area contributed by atoms with Crippen LogP contribution < -0.4 is 4.90 Å². The van der Waals surface area contributed by atoms with Gasteiger partial charge in [0.05, 0.1) is 11.4 Å². The molecule has 0 amide bonds. The summed E-state index contributed by atoms with van der Waals surface area (Å²) in [4.78, 5) is 4.81. The zero-order valence-corrected chi connectivity index (χ0v) is 13.3. The van der Waals surface area contributed by atoms with Gasteiger partial charge in [0.25, 0.3) is 0 Å². The predicted octanol–water partition coefficient (Wildman–Crippen LogP) is 2.81. The molecule has 0 radical (unpaired) electrons. The lowest BCUT2D eigenvalue weighted by Crippen LogP contribution is -2.45. The quantitative estimate of drug-likeness (QED) is 0.799. The number of nitrogens with zero attached hydrogens (tertiary/aromatic N) is 4. The van der Waals surface area contributed by atoms with E-state index in [1.807, 2.05) is 16.8 Å². The molecule has 0 saturated carbocycles. The lowest BCUT2D eigenvalue weighted by atomic mass is 10.0. The Bertz CT molecular complexity index is 628. The molecule has 22 heavy (non-hydrogen) atoms. The summed E-state index contributed by atoms with van der Waals surface area (Å²) in [6, 6.07) is 0. The Morgan fingerprint density at radius 3 is 2.68 bits per heavy atom. The first kappa shape index (κ1) is 14.9. The van der Waals surface area contributed by atoms with Gasteiger partial charge in [-0.05, 0) is 32.0 Å². The number of rotatable bonds is 4. The highest BCUT2D eigenvalue weighted by Gasteiger charge is 2.25. The summed E-state index contributed by atoms with van der Waals surface area (Å²) in [7, 11) is 2.18. The molecule has 1 saturated heterocycles. The molecule has 0 N–H and O–H groups in total. The topological polar surface area (TPSA) is 24.3 Å². The van der Waals surface area contributed by atoms with Gasteiger partial charge in [-0.15, -0.1) is 0 Å². The third-order valence-electron chi connectivity index (χ3n) is 4.35. The molecule has 1 aliphatic heterocycles. The number of hydrogen-bond acceptors (Lipinski definition) is 3. The van der Waals surface area contributed by atoms with Gasteiger partial charge in [0.1, 0.15) is 5.82 Å². The average Bonchev–Trinajstić information content (AvgIpc) is 2.92. The molecule has 0 unspecified atom stereocenters. The molecule has 4 nitrogen and oxygen atoms in total. The normalized spacial score (nSPS) is 19.1. The highest BCUT2D eigenvalue weighted by Crippen LogP contribution is 2.32. The Hall–Kier alpha value is -2.07. The zero-order chi connectivity index (χ0) is 15.5. The molecule has 2 aliphatic rings. The van der Waals surface area contributed by atoms with Crippen molar-refractivity contribution in [2.75, 3.05) is 38.1 Å². The highest BCUT2D eigenvalue weighted by molar-refractivity contribution is 5.74. The summed E-state index contributed by atoms with van der Waals surface area (Å²) in [6.45, 7) is 12.0. The molecule has 4 heteroatoms. The number of fused-ring (bicyclic) bond motifs is 1. The molecule has 2 heterocycles. The third-order valence-corrected chi connectivity index (χ3v) is 4.35. The second-order valence-electron chi connectivity index (χ2n) is 5.86. The van der Waals surface area contributed by atoms with Crippen LogP contribution in [0.15, 0.2) is 37.5 Å². The van der Waals surface area contributed by atoms with E-state index in [1.165, 1.54) is 17.1 Å². The summed E-state index contributed by atoms with van der Waals surface area (Å²) < 4.78 is 2.04. The van der Waals surface area contributed by atoms with E-state index in [-0.39, 0.29) is 0 Å². The maximum atomic E-state index is 4.86. The van der Waals surface area contributed by atoms with Crippen LogP contribution in [0.25, 0.3) is 11.8 Å². The van der Waals surface area contributed by atoms with Gasteiger partial charge in [-0.25, -0.2) is 4.68 Å². The monoisotopic (exact) mass is 296 g/mol. The Morgan fingerprint density at radius 2 is 2.00 bits per heavy atom. The number of allylic oxidation sites excluding steroid dienone is 5. The maximum Gasteiger partial charge on any atom is 0.140 e. The van der Waals surface area contributed by atoms with Crippen molar-refractivity contribution >= 4 is 17.6 Å². The van der Waals surface area contributed by atoms with Crippen molar-refractivity contribution in [1.29, 1.82) is 0 Å². The number of hydrogen-bond donors (Lipinski definition) is 0. The van der Waals surface area contributed by atoms with Crippen molar-refractivity contribution in [2.45, 2.75) is 12.8 Å². The number of piperazine rings is 1. The maximum absolute atomic E-state index is 4.86. The van der Waals surface area contributed by atoms with E-state index >= 15 is 0 Å². The van der Waals surface area contributed by atoms with Crippen LogP contribution >= 0.6 is 0 Å². The van der Waals surface area contributed by atoms with Gasteiger partial charge in [-0.3, -0.25) is 0 Å². The molecule has 1 fully saturated rings. The summed E-state index contributed by atoms with van der Waals surface area (Å²) in [5.74, 6) is 1.20. The Balaban J connectivity index is 2.07. The van der Waals surface area contributed by atoms with Gasteiger partial charge >= 0.3 is 0 Å². The summed E-state index contributed by atoms with van der Waals surface area (Å²) in [5.41, 5.74) is 3.44. The fourth-order valence-electron chi connectivity index (χ4n) is 3.09. The minimum Gasteiger partial charge on any atom is -0.353 e. The standard InChI is InChI=1S/C18H24N4/c1-4-8-15(5-2)22-18(21-13-11-20(3)12-14-21)16-9-6-7-10-17(16)19-22/h4-6,8-9H,1-2,7,10-14H2,3H3/b15-8+. The van der Waals surface area contributed by atoms with Gasteiger partial charge in [-0.1, -0.05) is 31.4 Å². The number of anilines is 1. The van der Waals surface area contributed by atoms with Crippen LogP contribution in [0.3, 0.4) is 0 Å². The Kier molecular flexibility index (Phi) is 4.29. The second-order valence-corrected chi connectivity index (χ2v) is 5.86. The van der Waals surface area contributed by atoms with E-state index in [1.54, 1.807) is 6.08 Å². The van der Waals surface area contributed by atoms with Crippen LogP contribution in [-0.2, 0) is 6.42 Å². The predicted molar refractivity (Wildman–Crippen MR) is 94.0 cm³/mol. The van der Waals surface area contributed by atoms with Crippen LogP contribution in [0, 0.1) is 0 Å². The first-order valence-electron chi connectivity index (χ1n) is 7.92. The van der Waals surface area contributed by atoms with Gasteiger partial charge in [0, 0.05) is 31.7 Å². The summed E-state index contributed by atoms with van der Waals surface area (Å²) in [6.07, 6.45) is 12.2. The minimum absolute atomic E-state index is 0.978. The molecular formula is C18H24N4. The SMILES string of the molecule is C=C/C=C(\C=C)n1nc2c(c1N1CCN(C)CC1)C=CCC2. The van der Waals surface area contributed by atoms with Crippen molar-refractivity contribution in [3.05, 3.63) is 48.7 Å². The Labute approximate surface area is 132 Å². The van der Waals surface area contributed by atoms with Crippen molar-refractivity contribution in [3.8, 4) is 0 Å². The lowest BCUT2D eigenvalue weighted by Gasteiger charge is -2.34. The van der Waals surface area contributed by atoms with Crippen molar-refractivity contribution in [1.82, 2.24) is 14.7 Å². The van der Waals surface area contributed by atoms with Crippen molar-refractivity contribution < 1.29 is 0 Å². The lowest BCUT2D eigenvalue weighted by molar-refractivity contribution is 0.311. The summed E-state index contributed by atoms with van der Waals surface area (Å²) >= 11 is 0. The van der Waals surface area contributed by atoms with E-state index in [2.05, 4.69) is 42.2 Å². The van der Waals surface area contributed by atoms with Crippen LogP contribution in [0.5, 0.6) is 0 Å². The van der Waals surface area contributed by atoms with Crippen molar-refractivity contribution in [3.63, 3.8) is 0 Å². The first-order valence-corrected chi connectivity index (χ1v) is 7.92. The van der Waals surface area contributed by atoms with Gasteiger partial charge in [-0.2, -0.15) is 5.10 Å². The molecule has 0 aromatic carbocycles. The van der Waals surface area contributed by atoms with Crippen LogP contribution in [0.1, 0.15) is 17.7 Å². The fraction of sp³-hybridized carbons (Fsp3) is 0.389. The highest BCUT2D eigenvalue weighted by atomic mass is 15.4. The van der Waals surface area contributed by atoms with E-state index < -0.39 is 0 Å². The fourth-order valence-corrected chi connectivity index (χ4v) is 3.09. The Morgan fingerprint density at radius 1 is 1.23 bits per heavy atom. The number of likely N-dealkylation sites (N-methyl/N-ethyl adjacent to an activating group) is 1. The molecule has 0 bridgehead atoms. The van der Waals surface area contributed by atoms with E-state index in [0.29, 0.717) is 0 Å². The molecule has 3 rings (SSSR count). The molecular weight excluding hydrogens is 272 g/mol. The first-order chi connectivity index (χ1) is 10.7. The van der Waals surface area contributed by atoms with Crippen LogP contribution in [0.4, 0.5) is 5.82 Å². The molecule has 0 spiro atoms. The van der Waals surface area contributed by atoms with Crippen molar-refractivity contribution in [2.24, 2.45) is 0 Å². The second kappa shape index (κ2) is 6.36. The molecule has 1 aromatic heterocycles. The van der Waals surface area contributed by atoms with E-state index in [4.69, 9.17) is 5.10 Å². The average molecular weight is 296 g/mol. The van der Waals surface area contributed by atoms with Gasteiger partial charge in [0.15, 0.2) is 0 Å². The summed E-state index contributed by atoms with van der Waals surface area (Å²) in [5, 5.41) is 4.86. The van der Waals surface area contributed by atoms with E-state index in [0.717, 1.165) is 44.7 Å². The number of aryl methyl sites for hydroxylation is 1. The number of aromatic nitrogens is 2.